The number of benzene rings is 2. The number of ether oxygens (including phenoxy) is 4. The molecule has 2 heterocycles. The van der Waals surface area contributed by atoms with E-state index in [1.165, 1.54) is 0 Å². The van der Waals surface area contributed by atoms with Gasteiger partial charge in [-0.3, -0.25) is 4.79 Å². The molecule has 0 aliphatic carbocycles. The van der Waals surface area contributed by atoms with Gasteiger partial charge in [-0.2, -0.15) is 0 Å². The Bertz CT molecular complexity index is 832. The molecule has 2 aromatic rings. The van der Waals surface area contributed by atoms with E-state index in [0.29, 0.717) is 19.6 Å². The maximum absolute atomic E-state index is 12.7. The van der Waals surface area contributed by atoms with Gasteiger partial charge in [-0.15, -0.1) is 0 Å². The first-order chi connectivity index (χ1) is 15.2. The van der Waals surface area contributed by atoms with Crippen LogP contribution in [0.4, 0.5) is 0 Å². The van der Waals surface area contributed by atoms with Crippen LogP contribution in [-0.2, 0) is 37.0 Å². The van der Waals surface area contributed by atoms with Crippen LogP contribution in [0.3, 0.4) is 0 Å². The Morgan fingerprint density at radius 3 is 2.23 bits per heavy atom. The molecule has 166 valence electrons. The summed E-state index contributed by atoms with van der Waals surface area (Å²) in [5.74, 6) is -0.296. The predicted molar refractivity (Wildman–Crippen MR) is 113 cm³/mol. The Morgan fingerprint density at radius 2 is 1.58 bits per heavy atom. The van der Waals surface area contributed by atoms with Crippen LogP contribution in [0.2, 0.25) is 0 Å². The lowest BCUT2D eigenvalue weighted by Gasteiger charge is -2.28. The number of amides is 1. The van der Waals surface area contributed by atoms with Crippen molar-refractivity contribution in [3.05, 3.63) is 71.8 Å². The Morgan fingerprint density at radius 1 is 0.935 bits per heavy atom. The Labute approximate surface area is 182 Å². The van der Waals surface area contributed by atoms with Crippen LogP contribution >= 0.6 is 0 Å². The van der Waals surface area contributed by atoms with Crippen molar-refractivity contribution in [3.8, 4) is 0 Å². The minimum Gasteiger partial charge on any atom is -0.383 e. The Balaban J connectivity index is 1.51. The van der Waals surface area contributed by atoms with Crippen molar-refractivity contribution >= 4 is 5.91 Å². The van der Waals surface area contributed by atoms with Gasteiger partial charge in [-0.25, -0.2) is 0 Å². The van der Waals surface area contributed by atoms with E-state index in [2.05, 4.69) is 0 Å². The average Bonchev–Trinajstić information content (AvgIpc) is 3.25. The molecule has 0 unspecified atom stereocenters. The topological polar surface area (TPSA) is 77.5 Å². The monoisotopic (exact) mass is 427 g/mol. The number of aliphatic hydroxyl groups excluding tert-OH is 1. The van der Waals surface area contributed by atoms with Crippen LogP contribution in [0, 0.1) is 0 Å². The van der Waals surface area contributed by atoms with Gasteiger partial charge in [0.1, 0.15) is 25.1 Å². The molecule has 2 fully saturated rings. The van der Waals surface area contributed by atoms with Gasteiger partial charge in [0.2, 0.25) is 0 Å². The summed E-state index contributed by atoms with van der Waals surface area (Å²) in [4.78, 5) is 14.4. The second kappa shape index (κ2) is 10.3. The van der Waals surface area contributed by atoms with E-state index in [4.69, 9.17) is 18.9 Å². The zero-order chi connectivity index (χ0) is 21.6. The number of hydrogen-bond donors (Lipinski definition) is 1. The van der Waals surface area contributed by atoms with Gasteiger partial charge >= 0.3 is 0 Å². The first-order valence-corrected chi connectivity index (χ1v) is 10.6. The second-order valence-electron chi connectivity index (χ2n) is 7.93. The van der Waals surface area contributed by atoms with Crippen LogP contribution in [0.15, 0.2) is 60.7 Å². The van der Waals surface area contributed by atoms with Crippen molar-refractivity contribution in [1.82, 2.24) is 4.90 Å². The predicted octanol–water partition coefficient (Wildman–Crippen LogP) is 2.12. The molecule has 1 N–H and O–H groups in total. The minimum atomic E-state index is -1.02. The van der Waals surface area contributed by atoms with E-state index in [-0.39, 0.29) is 31.4 Å². The number of methoxy groups -OCH3 is 1. The summed E-state index contributed by atoms with van der Waals surface area (Å²) in [5.41, 5.74) is 2.09. The molecule has 2 saturated heterocycles. The van der Waals surface area contributed by atoms with Crippen molar-refractivity contribution in [2.24, 2.45) is 0 Å². The molecule has 2 aliphatic heterocycles. The van der Waals surface area contributed by atoms with Crippen molar-refractivity contribution < 1.29 is 28.8 Å². The normalized spacial score (nSPS) is 27.6. The number of hydrogen-bond acceptors (Lipinski definition) is 6. The Kier molecular flexibility index (Phi) is 7.32. The summed E-state index contributed by atoms with van der Waals surface area (Å²) in [6.45, 7) is 1.20. The molecular weight excluding hydrogens is 398 g/mol. The highest BCUT2D eigenvalue weighted by atomic mass is 16.7. The molecule has 7 heteroatoms. The van der Waals surface area contributed by atoms with Gasteiger partial charge in [-0.05, 0) is 11.1 Å². The molecule has 2 aliphatic rings. The lowest BCUT2D eigenvalue weighted by Crippen LogP contribution is -2.45. The van der Waals surface area contributed by atoms with E-state index < -0.39 is 18.3 Å². The van der Waals surface area contributed by atoms with Gasteiger partial charge in [-0.1, -0.05) is 60.7 Å². The number of carbonyl (C=O) groups is 1. The summed E-state index contributed by atoms with van der Waals surface area (Å²) in [6, 6.07) is 19.1. The third-order valence-electron chi connectivity index (χ3n) is 5.86. The minimum absolute atomic E-state index is 0.0854. The lowest BCUT2D eigenvalue weighted by molar-refractivity contribution is -0.141. The van der Waals surface area contributed by atoms with Crippen LogP contribution in [0.1, 0.15) is 17.5 Å². The van der Waals surface area contributed by atoms with Crippen LogP contribution in [0.5, 0.6) is 0 Å². The quantitative estimate of drug-likeness (QED) is 0.586. The van der Waals surface area contributed by atoms with Gasteiger partial charge in [0.05, 0.1) is 31.9 Å². The summed E-state index contributed by atoms with van der Waals surface area (Å²) in [7, 11) is 1.56. The van der Waals surface area contributed by atoms with Gasteiger partial charge in [0.25, 0.3) is 5.91 Å². The fourth-order valence-corrected chi connectivity index (χ4v) is 4.45. The summed E-state index contributed by atoms with van der Waals surface area (Å²) in [5, 5.41) is 10.2. The van der Waals surface area contributed by atoms with Crippen molar-refractivity contribution in [2.45, 2.75) is 50.0 Å². The lowest BCUT2D eigenvalue weighted by atomic mass is 10.0. The number of carbonyl (C=O) groups excluding carboxylic acids is 1. The zero-order valence-electron chi connectivity index (χ0n) is 17.6. The van der Waals surface area contributed by atoms with Crippen LogP contribution in [0.25, 0.3) is 0 Å². The third kappa shape index (κ3) is 4.97. The second-order valence-corrected chi connectivity index (χ2v) is 7.93. The number of rotatable bonds is 10. The smallest absolute Gasteiger partial charge is 0.252 e. The molecule has 4 rings (SSSR count). The SMILES string of the molecule is COCO[C@H]1[C@H](OCc2ccccc2)[C@@H](COCc2ccccc2)N2C(=O)[C@H](O)C[C@H]12. The molecular formula is C24H29NO6. The standard InChI is InChI=1S/C24H29NO6/c1-28-16-31-22-19-12-21(26)24(27)25(19)20(15-29-13-17-8-4-2-5-9-17)23(22)30-14-18-10-6-3-7-11-18/h2-11,19-23,26H,12-16H2,1H3/t19-,20-,21-,22-,23-/m1/s1. The fraction of sp³-hybridized carbons (Fsp3) is 0.458. The number of aliphatic hydroxyl groups is 1. The molecule has 0 radical (unpaired) electrons. The molecule has 0 spiro atoms. The van der Waals surface area contributed by atoms with E-state index >= 15 is 0 Å². The van der Waals surface area contributed by atoms with Gasteiger partial charge in [0.15, 0.2) is 0 Å². The van der Waals surface area contributed by atoms with E-state index in [1.54, 1.807) is 12.0 Å². The van der Waals surface area contributed by atoms with Crippen molar-refractivity contribution in [3.63, 3.8) is 0 Å². The molecule has 2 aromatic carbocycles. The summed E-state index contributed by atoms with van der Waals surface area (Å²) >= 11 is 0. The van der Waals surface area contributed by atoms with Crippen molar-refractivity contribution in [2.75, 3.05) is 20.5 Å². The van der Waals surface area contributed by atoms with E-state index in [9.17, 15) is 9.90 Å². The number of fused-ring (bicyclic) bond motifs is 1. The van der Waals surface area contributed by atoms with Gasteiger partial charge < -0.3 is 29.0 Å². The molecule has 0 saturated carbocycles. The number of nitrogens with zero attached hydrogens (tertiary/aromatic N) is 1. The molecule has 5 atom stereocenters. The molecule has 0 aromatic heterocycles. The molecule has 1 amide bonds. The average molecular weight is 427 g/mol. The zero-order valence-corrected chi connectivity index (χ0v) is 17.6. The molecule has 31 heavy (non-hydrogen) atoms. The summed E-state index contributed by atoms with van der Waals surface area (Å²) < 4.78 is 23.4. The largest absolute Gasteiger partial charge is 0.383 e. The van der Waals surface area contributed by atoms with E-state index in [1.807, 2.05) is 60.7 Å². The van der Waals surface area contributed by atoms with Crippen LogP contribution in [-0.4, -0.2) is 66.8 Å². The van der Waals surface area contributed by atoms with E-state index in [0.717, 1.165) is 11.1 Å². The molecule has 0 bridgehead atoms. The fourth-order valence-electron chi connectivity index (χ4n) is 4.45. The molecule has 7 nitrogen and oxygen atoms in total. The first kappa shape index (κ1) is 21.9. The highest BCUT2D eigenvalue weighted by Gasteiger charge is 2.57. The van der Waals surface area contributed by atoms with Crippen molar-refractivity contribution in [1.29, 1.82) is 0 Å². The summed E-state index contributed by atoms with van der Waals surface area (Å²) in [6.07, 6.45) is -1.51. The highest BCUT2D eigenvalue weighted by Crippen LogP contribution is 2.38. The maximum Gasteiger partial charge on any atom is 0.252 e. The third-order valence-corrected chi connectivity index (χ3v) is 5.86. The van der Waals surface area contributed by atoms with Gasteiger partial charge in [0, 0.05) is 13.5 Å². The van der Waals surface area contributed by atoms with Crippen LogP contribution < -0.4 is 0 Å². The Hall–Kier alpha value is -2.29. The maximum atomic E-state index is 12.7. The first-order valence-electron chi connectivity index (χ1n) is 10.6. The highest BCUT2D eigenvalue weighted by molar-refractivity contribution is 5.84.